The SMILES string of the molecule is [2H]C([2H])([2H])C(C)(c1cc(C(C)(C)C)cc2c1OC13c4c(cc(C(C)(C)C)cc4-c4cc(-c5ccc(C(C)(C)C)cc5)cc[n+]41)-c1cccc4c1[n+]3c-2n4-c1ccc(-c2ccccc2)c(CC)c1)C([2H])([2H])[2H]. The second-order valence-corrected chi connectivity index (χ2v) is 21.9. The second-order valence-electron chi connectivity index (χ2n) is 21.9. The van der Waals surface area contributed by atoms with Crippen LogP contribution in [0.25, 0.3) is 72.7 Å². The van der Waals surface area contributed by atoms with Crippen molar-refractivity contribution in [2.75, 3.05) is 0 Å². The van der Waals surface area contributed by atoms with Crippen LogP contribution in [0.15, 0.2) is 134 Å². The summed E-state index contributed by atoms with van der Waals surface area (Å²) in [6.45, 7) is 17.3. The molecule has 1 atom stereocenters. The highest BCUT2D eigenvalue weighted by atomic mass is 16.5. The Labute approximate surface area is 394 Å². The van der Waals surface area contributed by atoms with Crippen molar-refractivity contribution in [1.82, 2.24) is 4.57 Å². The van der Waals surface area contributed by atoms with E-state index < -0.39 is 30.4 Å². The summed E-state index contributed by atoms with van der Waals surface area (Å²) in [5.74, 6) is -0.450. The summed E-state index contributed by atoms with van der Waals surface area (Å²) in [6, 6.07) is 45.4. The number of para-hydroxylation sites is 1. The molecule has 0 saturated heterocycles. The fourth-order valence-corrected chi connectivity index (χ4v) is 10.7. The molecular formula is C61H63N3O+2. The van der Waals surface area contributed by atoms with E-state index in [4.69, 9.17) is 13.0 Å². The third-order valence-electron chi connectivity index (χ3n) is 14.3. The lowest BCUT2D eigenvalue weighted by molar-refractivity contribution is -0.997. The van der Waals surface area contributed by atoms with E-state index in [-0.39, 0.29) is 22.1 Å². The predicted molar refractivity (Wildman–Crippen MR) is 268 cm³/mol. The first kappa shape index (κ1) is 35.1. The van der Waals surface area contributed by atoms with Gasteiger partial charge in [0.15, 0.2) is 23.0 Å². The molecule has 0 amide bonds. The Kier molecular flexibility index (Phi) is 7.36. The van der Waals surface area contributed by atoms with Gasteiger partial charge in [-0.25, -0.2) is 0 Å². The van der Waals surface area contributed by atoms with Crippen LogP contribution in [0.3, 0.4) is 0 Å². The highest BCUT2D eigenvalue weighted by molar-refractivity contribution is 5.98. The number of hydrogen-bond acceptors (Lipinski definition) is 1. The van der Waals surface area contributed by atoms with Crippen LogP contribution in [0.1, 0.15) is 131 Å². The number of aryl methyl sites for hydroxylation is 1. The van der Waals surface area contributed by atoms with E-state index >= 15 is 0 Å². The van der Waals surface area contributed by atoms with Crippen molar-refractivity contribution < 1.29 is 22.1 Å². The Morgan fingerprint density at radius 3 is 1.92 bits per heavy atom. The average molecular weight is 860 g/mol. The molecule has 3 aliphatic rings. The summed E-state index contributed by atoms with van der Waals surface area (Å²) >= 11 is 0. The van der Waals surface area contributed by atoms with Gasteiger partial charge in [-0.2, -0.15) is 4.57 Å². The number of rotatable bonds is 4. The third-order valence-corrected chi connectivity index (χ3v) is 14.3. The first-order valence-corrected chi connectivity index (χ1v) is 23.2. The van der Waals surface area contributed by atoms with Crippen LogP contribution in [-0.4, -0.2) is 4.57 Å². The monoisotopic (exact) mass is 860 g/mol. The molecule has 0 radical (unpaired) electrons. The van der Waals surface area contributed by atoms with E-state index in [9.17, 15) is 0 Å². The van der Waals surface area contributed by atoms with E-state index in [2.05, 4.69) is 204 Å². The quantitative estimate of drug-likeness (QED) is 0.162. The van der Waals surface area contributed by atoms with Gasteiger partial charge in [-0.15, -0.1) is 9.13 Å². The van der Waals surface area contributed by atoms with Gasteiger partial charge in [0, 0.05) is 37.0 Å². The van der Waals surface area contributed by atoms with Gasteiger partial charge in [-0.3, -0.25) is 0 Å². The Morgan fingerprint density at radius 1 is 0.569 bits per heavy atom. The lowest BCUT2D eigenvalue weighted by Crippen LogP contribution is -2.78. The fraction of sp³-hybridized carbons (Fsp3) is 0.311. The number of aromatic nitrogens is 3. The molecule has 5 heterocycles. The highest BCUT2D eigenvalue weighted by Gasteiger charge is 2.69. The van der Waals surface area contributed by atoms with E-state index in [0.717, 1.165) is 90.3 Å². The Balaban J connectivity index is 1.33. The van der Waals surface area contributed by atoms with Crippen molar-refractivity contribution in [3.63, 3.8) is 0 Å². The standard InChI is InChI=1S/C61H63N3O/c1-14-37-31-44(27-28-45(37)39-19-16-15-17-20-39)63-51-22-18-21-46-47-33-42(58(5,6)7)34-48-52-32-40(38-23-25-41(26-24-38)57(2,3)4)29-30-62(52)61(53(47)48)64(54(46)51)56(63)49-35-43(59(8,9)10)36-50(55(49)65-61)60(11,12)13/h15-36H,14H2,1-13H3/q+2/i11D3,12D3. The van der Waals surface area contributed by atoms with E-state index in [0.29, 0.717) is 5.56 Å². The molecule has 0 N–H and O–H groups in total. The zero-order valence-corrected chi connectivity index (χ0v) is 39.7. The molecular weight excluding hydrogens is 791 g/mol. The lowest BCUT2D eigenvalue weighted by atomic mass is 9.78. The Bertz CT molecular complexity index is 3510. The second kappa shape index (κ2) is 13.6. The van der Waals surface area contributed by atoms with Gasteiger partial charge >= 0.3 is 11.7 Å². The number of ether oxygens (including phenoxy) is 1. The fourth-order valence-electron chi connectivity index (χ4n) is 10.7. The maximum atomic E-state index is 9.15. The molecule has 0 bridgehead atoms. The zero-order chi connectivity index (χ0) is 50.7. The topological polar surface area (TPSA) is 21.9 Å². The minimum absolute atomic E-state index is 0.00331. The Hall–Kier alpha value is -6.26. The third kappa shape index (κ3) is 6.01. The molecule has 1 spiro atoms. The van der Waals surface area contributed by atoms with Crippen molar-refractivity contribution >= 4 is 11.0 Å². The molecule has 0 fully saturated rings. The maximum Gasteiger partial charge on any atom is 0.499 e. The maximum absolute atomic E-state index is 9.15. The molecule has 4 heteroatoms. The molecule has 6 aromatic carbocycles. The number of fused-ring (bicyclic) bond motifs is 5. The lowest BCUT2D eigenvalue weighted by Gasteiger charge is -2.36. The first-order chi connectivity index (χ1) is 33.2. The zero-order valence-electron chi connectivity index (χ0n) is 45.7. The van der Waals surface area contributed by atoms with E-state index in [1.54, 1.807) is 0 Å². The summed E-state index contributed by atoms with van der Waals surface area (Å²) in [5, 5.41) is 0. The molecule has 0 aliphatic carbocycles. The summed E-state index contributed by atoms with van der Waals surface area (Å²) in [5.41, 5.74) is 14.2. The molecule has 3 aliphatic heterocycles. The number of imidazole rings is 1. The minimum Gasteiger partial charge on any atom is -0.392 e. The van der Waals surface area contributed by atoms with Gasteiger partial charge < -0.3 is 4.74 Å². The molecule has 65 heavy (non-hydrogen) atoms. The van der Waals surface area contributed by atoms with Crippen LogP contribution in [0.4, 0.5) is 0 Å². The number of hydrogen-bond donors (Lipinski definition) is 0. The Morgan fingerprint density at radius 2 is 1.25 bits per heavy atom. The normalized spacial score (nSPS) is 17.8. The van der Waals surface area contributed by atoms with Gasteiger partial charge in [0.1, 0.15) is 16.8 Å². The van der Waals surface area contributed by atoms with Crippen LogP contribution in [0, 0.1) is 0 Å². The molecule has 0 saturated carbocycles. The molecule has 8 aromatic rings. The van der Waals surface area contributed by atoms with E-state index in [1.807, 2.05) is 12.1 Å². The minimum atomic E-state index is -2.96. The highest BCUT2D eigenvalue weighted by Crippen LogP contribution is 2.56. The summed E-state index contributed by atoms with van der Waals surface area (Å²) in [6.07, 6.45) is 2.89. The molecule has 4 nitrogen and oxygen atoms in total. The van der Waals surface area contributed by atoms with Gasteiger partial charge in [0.05, 0.1) is 5.56 Å². The van der Waals surface area contributed by atoms with Crippen LogP contribution in [0.2, 0.25) is 0 Å². The first-order valence-electron chi connectivity index (χ1n) is 26.2. The van der Waals surface area contributed by atoms with Crippen LogP contribution >= 0.6 is 0 Å². The number of benzene rings is 6. The van der Waals surface area contributed by atoms with Crippen molar-refractivity contribution in [3.05, 3.63) is 167 Å². The van der Waals surface area contributed by atoms with Gasteiger partial charge in [-0.05, 0) is 121 Å². The van der Waals surface area contributed by atoms with E-state index in [1.165, 1.54) is 18.1 Å². The molecule has 326 valence electrons. The molecule has 2 aromatic heterocycles. The van der Waals surface area contributed by atoms with Crippen molar-refractivity contribution in [2.45, 2.75) is 124 Å². The van der Waals surface area contributed by atoms with Crippen LogP contribution in [0.5, 0.6) is 5.75 Å². The molecule has 11 rings (SSSR count). The number of pyridine rings is 1. The molecule has 1 unspecified atom stereocenters. The van der Waals surface area contributed by atoms with Crippen LogP contribution in [-0.2, 0) is 33.9 Å². The summed E-state index contributed by atoms with van der Waals surface area (Å²) in [4.78, 5) is 0. The van der Waals surface area contributed by atoms with Gasteiger partial charge in [0.25, 0.3) is 0 Å². The number of nitrogens with zero attached hydrogens (tertiary/aromatic N) is 3. The summed E-state index contributed by atoms with van der Waals surface area (Å²) in [7, 11) is 0. The van der Waals surface area contributed by atoms with Gasteiger partial charge in [-0.1, -0.05) is 157 Å². The van der Waals surface area contributed by atoms with Crippen molar-refractivity contribution in [2.24, 2.45) is 0 Å². The van der Waals surface area contributed by atoms with Gasteiger partial charge in [0.2, 0.25) is 5.69 Å². The summed E-state index contributed by atoms with van der Waals surface area (Å²) < 4.78 is 69.7. The van der Waals surface area contributed by atoms with Crippen molar-refractivity contribution in [3.8, 4) is 67.5 Å². The predicted octanol–water partition coefficient (Wildman–Crippen LogP) is 14.5. The smallest absolute Gasteiger partial charge is 0.392 e. The average Bonchev–Trinajstić information content (AvgIpc) is 3.80. The van der Waals surface area contributed by atoms with Crippen molar-refractivity contribution in [1.29, 1.82) is 0 Å². The largest absolute Gasteiger partial charge is 0.499 e. The van der Waals surface area contributed by atoms with Crippen LogP contribution < -0.4 is 13.9 Å².